The van der Waals surface area contributed by atoms with Gasteiger partial charge in [-0.2, -0.15) is 0 Å². The van der Waals surface area contributed by atoms with Crippen molar-refractivity contribution in [2.45, 2.75) is 77.6 Å². The lowest BCUT2D eigenvalue weighted by Gasteiger charge is -2.45. The summed E-state index contributed by atoms with van der Waals surface area (Å²) in [6.07, 6.45) is 18.1. The van der Waals surface area contributed by atoms with E-state index >= 15 is 0 Å². The molecule has 1 heteroatoms. The Morgan fingerprint density at radius 1 is 0.762 bits per heavy atom. The molecular weight excluding hydrogens is 259 g/mol. The predicted molar refractivity (Wildman–Crippen MR) is 87.6 cm³/mol. The van der Waals surface area contributed by atoms with Crippen molar-refractivity contribution < 1.29 is 4.39 Å². The predicted octanol–water partition coefficient (Wildman–Crippen LogP) is 6.52. The summed E-state index contributed by atoms with van der Waals surface area (Å²) in [6.45, 7) is 2.43. The fourth-order valence-electron chi connectivity index (χ4n) is 5.67. The van der Waals surface area contributed by atoms with Crippen molar-refractivity contribution in [2.24, 2.45) is 35.5 Å². The van der Waals surface area contributed by atoms with E-state index in [1.165, 1.54) is 64.2 Å². The molecule has 0 amide bonds. The first-order valence-electron chi connectivity index (χ1n) is 9.51. The van der Waals surface area contributed by atoms with Crippen LogP contribution in [0.3, 0.4) is 0 Å². The van der Waals surface area contributed by atoms with Crippen LogP contribution in [0.1, 0.15) is 77.6 Å². The molecule has 3 rings (SSSR count). The van der Waals surface area contributed by atoms with Gasteiger partial charge >= 0.3 is 0 Å². The van der Waals surface area contributed by atoms with Crippen molar-refractivity contribution in [3.63, 3.8) is 0 Å². The molecule has 0 aromatic rings. The molecular formula is C20H33F. The van der Waals surface area contributed by atoms with Crippen LogP contribution in [0.4, 0.5) is 4.39 Å². The number of rotatable bonds is 3. The van der Waals surface area contributed by atoms with Crippen LogP contribution in [-0.2, 0) is 0 Å². The van der Waals surface area contributed by atoms with Crippen LogP contribution in [0.25, 0.3) is 0 Å². The minimum absolute atomic E-state index is 0.743. The van der Waals surface area contributed by atoms with Crippen molar-refractivity contribution in [2.75, 3.05) is 0 Å². The van der Waals surface area contributed by atoms with Gasteiger partial charge in [-0.15, -0.1) is 0 Å². The number of halogens is 1. The Labute approximate surface area is 130 Å². The maximum atomic E-state index is 12.2. The Bertz CT molecular complexity index is 340. The third-order valence-electron chi connectivity index (χ3n) is 7.05. The molecule has 3 aliphatic carbocycles. The molecule has 3 aliphatic rings. The minimum Gasteiger partial charge on any atom is -0.216 e. The topological polar surface area (TPSA) is 0 Å². The molecule has 0 N–H and O–H groups in total. The first-order chi connectivity index (χ1) is 10.3. The highest BCUT2D eigenvalue weighted by molar-refractivity contribution is 4.90. The average Bonchev–Trinajstić information content (AvgIpc) is 2.53. The normalized spacial score (nSPS) is 44.7. The highest BCUT2D eigenvalue weighted by atomic mass is 19.1. The van der Waals surface area contributed by atoms with E-state index < -0.39 is 0 Å². The Morgan fingerprint density at radius 3 is 2.05 bits per heavy atom. The van der Waals surface area contributed by atoms with Crippen molar-refractivity contribution >= 4 is 0 Å². The zero-order valence-corrected chi connectivity index (χ0v) is 13.8. The molecule has 21 heavy (non-hydrogen) atoms. The van der Waals surface area contributed by atoms with Gasteiger partial charge in [-0.25, -0.2) is 4.39 Å². The second-order valence-corrected chi connectivity index (χ2v) is 8.39. The summed E-state index contributed by atoms with van der Waals surface area (Å²) in [5.74, 6) is 5.82. The van der Waals surface area contributed by atoms with Gasteiger partial charge in [0, 0.05) is 0 Å². The summed E-state index contributed by atoms with van der Waals surface area (Å²) in [6, 6.07) is 0. The SMILES string of the molecule is CC1CCC(C2CCC3CC(C/C=C/F)CCC3C2)CC1. The van der Waals surface area contributed by atoms with E-state index in [-0.39, 0.29) is 0 Å². The van der Waals surface area contributed by atoms with Gasteiger partial charge in [0.25, 0.3) is 0 Å². The van der Waals surface area contributed by atoms with Gasteiger partial charge in [0.15, 0.2) is 0 Å². The first kappa shape index (κ1) is 15.6. The summed E-state index contributed by atoms with van der Waals surface area (Å²) < 4.78 is 12.2. The Kier molecular flexibility index (Phi) is 5.40. The number of hydrogen-bond donors (Lipinski definition) is 0. The second kappa shape index (κ2) is 7.29. The summed E-state index contributed by atoms with van der Waals surface area (Å²) >= 11 is 0. The van der Waals surface area contributed by atoms with E-state index in [0.29, 0.717) is 0 Å². The van der Waals surface area contributed by atoms with Crippen molar-refractivity contribution in [1.82, 2.24) is 0 Å². The third kappa shape index (κ3) is 3.90. The van der Waals surface area contributed by atoms with E-state index in [1.807, 2.05) is 0 Å². The molecule has 0 nitrogen and oxygen atoms in total. The van der Waals surface area contributed by atoms with E-state index in [2.05, 4.69) is 6.92 Å². The molecule has 0 heterocycles. The van der Waals surface area contributed by atoms with Gasteiger partial charge in [0.1, 0.15) is 0 Å². The molecule has 4 atom stereocenters. The highest BCUT2D eigenvalue weighted by Gasteiger charge is 2.38. The lowest BCUT2D eigenvalue weighted by molar-refractivity contribution is 0.0617. The molecule has 0 spiro atoms. The monoisotopic (exact) mass is 292 g/mol. The Hall–Kier alpha value is -0.330. The van der Waals surface area contributed by atoms with Crippen LogP contribution >= 0.6 is 0 Å². The van der Waals surface area contributed by atoms with Crippen molar-refractivity contribution in [3.05, 3.63) is 12.4 Å². The lowest BCUT2D eigenvalue weighted by atomic mass is 9.61. The van der Waals surface area contributed by atoms with Crippen LogP contribution in [0.5, 0.6) is 0 Å². The van der Waals surface area contributed by atoms with Crippen molar-refractivity contribution in [3.8, 4) is 0 Å². The molecule has 4 unspecified atom stereocenters. The van der Waals surface area contributed by atoms with E-state index in [9.17, 15) is 4.39 Å². The molecule has 0 aliphatic heterocycles. The van der Waals surface area contributed by atoms with Gasteiger partial charge in [0.05, 0.1) is 6.33 Å². The van der Waals surface area contributed by atoms with Crippen LogP contribution in [0.2, 0.25) is 0 Å². The number of fused-ring (bicyclic) bond motifs is 1. The van der Waals surface area contributed by atoms with Gasteiger partial charge in [-0.1, -0.05) is 25.8 Å². The van der Waals surface area contributed by atoms with Gasteiger partial charge in [-0.05, 0) is 93.3 Å². The third-order valence-corrected chi connectivity index (χ3v) is 7.05. The highest BCUT2D eigenvalue weighted by Crippen LogP contribution is 2.49. The Balaban J connectivity index is 1.49. The molecule has 0 radical (unpaired) electrons. The van der Waals surface area contributed by atoms with Crippen molar-refractivity contribution in [1.29, 1.82) is 0 Å². The van der Waals surface area contributed by atoms with E-state index in [1.54, 1.807) is 6.08 Å². The molecule has 3 fully saturated rings. The molecule has 3 saturated carbocycles. The van der Waals surface area contributed by atoms with Gasteiger partial charge < -0.3 is 0 Å². The molecule has 0 saturated heterocycles. The lowest BCUT2D eigenvalue weighted by Crippen LogP contribution is -2.34. The number of hydrogen-bond acceptors (Lipinski definition) is 0. The summed E-state index contributed by atoms with van der Waals surface area (Å²) in [5.41, 5.74) is 0. The van der Waals surface area contributed by atoms with Crippen LogP contribution in [0, 0.1) is 35.5 Å². The summed E-state index contributed by atoms with van der Waals surface area (Å²) in [7, 11) is 0. The van der Waals surface area contributed by atoms with E-state index in [0.717, 1.165) is 48.3 Å². The molecule has 0 aromatic heterocycles. The fourth-order valence-corrected chi connectivity index (χ4v) is 5.67. The van der Waals surface area contributed by atoms with Crippen LogP contribution in [-0.4, -0.2) is 0 Å². The largest absolute Gasteiger partial charge is 0.216 e. The van der Waals surface area contributed by atoms with Crippen LogP contribution in [0.15, 0.2) is 12.4 Å². The maximum absolute atomic E-state index is 12.2. The molecule has 0 bridgehead atoms. The average molecular weight is 292 g/mol. The smallest absolute Gasteiger partial charge is 0.0827 e. The standard InChI is InChI=1S/C20H33F/c1-15-4-7-17(8-5-15)19-11-10-18-13-16(3-2-12-21)6-9-20(18)14-19/h2,12,15-20H,3-11,13-14H2,1H3/b12-2+. The van der Waals surface area contributed by atoms with Crippen LogP contribution < -0.4 is 0 Å². The van der Waals surface area contributed by atoms with Gasteiger partial charge in [0.2, 0.25) is 0 Å². The zero-order valence-electron chi connectivity index (χ0n) is 13.8. The fraction of sp³-hybridized carbons (Fsp3) is 0.900. The quantitative estimate of drug-likeness (QED) is 0.555. The minimum atomic E-state index is 0.743. The Morgan fingerprint density at radius 2 is 1.33 bits per heavy atom. The van der Waals surface area contributed by atoms with Gasteiger partial charge in [-0.3, -0.25) is 0 Å². The second-order valence-electron chi connectivity index (χ2n) is 8.39. The first-order valence-corrected chi connectivity index (χ1v) is 9.51. The summed E-state index contributed by atoms with van der Waals surface area (Å²) in [5, 5.41) is 0. The van der Waals surface area contributed by atoms with E-state index in [4.69, 9.17) is 0 Å². The zero-order chi connectivity index (χ0) is 14.7. The summed E-state index contributed by atoms with van der Waals surface area (Å²) in [4.78, 5) is 0. The molecule has 120 valence electrons. The number of allylic oxidation sites excluding steroid dienone is 1. The maximum Gasteiger partial charge on any atom is 0.0827 e. The molecule has 0 aromatic carbocycles.